The maximum Gasteiger partial charge on any atom is 0.416 e. The van der Waals surface area contributed by atoms with Crippen molar-refractivity contribution < 1.29 is 31.9 Å². The van der Waals surface area contributed by atoms with Crippen LogP contribution in [0.1, 0.15) is 21.5 Å². The van der Waals surface area contributed by atoms with Gasteiger partial charge in [0.15, 0.2) is 17.3 Å². The van der Waals surface area contributed by atoms with E-state index in [2.05, 4.69) is 0 Å². The van der Waals surface area contributed by atoms with Gasteiger partial charge in [0, 0.05) is 6.07 Å². The molecule has 0 aromatic heterocycles. The largest absolute Gasteiger partial charge is 0.504 e. The molecule has 0 fully saturated rings. The molecule has 0 atom stereocenters. The van der Waals surface area contributed by atoms with Gasteiger partial charge in [-0.05, 0) is 23.8 Å². The minimum absolute atomic E-state index is 0.287. The molecule has 7 heteroatoms. The quantitative estimate of drug-likeness (QED) is 0.508. The first-order chi connectivity index (χ1) is 10.7. The van der Waals surface area contributed by atoms with E-state index in [0.29, 0.717) is 18.2 Å². The van der Waals surface area contributed by atoms with Gasteiger partial charge in [-0.2, -0.15) is 13.2 Å². The van der Waals surface area contributed by atoms with Gasteiger partial charge in [0.05, 0.1) is 11.1 Å². The summed E-state index contributed by atoms with van der Waals surface area (Å²) in [5.41, 5.74) is -1.92. The first kappa shape index (κ1) is 16.7. The van der Waals surface area contributed by atoms with E-state index in [1.54, 1.807) is 0 Å². The maximum absolute atomic E-state index is 13.2. The molecule has 1 N–H and O–H groups in total. The summed E-state index contributed by atoms with van der Waals surface area (Å²) in [6, 6.07) is 5.49. The van der Waals surface area contributed by atoms with Gasteiger partial charge in [0.25, 0.3) is 0 Å². The number of benzene rings is 2. The van der Waals surface area contributed by atoms with Crippen molar-refractivity contribution in [3.63, 3.8) is 0 Å². The fourth-order valence-electron chi connectivity index (χ4n) is 1.91. The van der Waals surface area contributed by atoms with E-state index in [1.165, 1.54) is 12.1 Å². The Morgan fingerprint density at radius 3 is 2.39 bits per heavy atom. The molecule has 2 nitrogen and oxygen atoms in total. The molecule has 0 bridgehead atoms. The van der Waals surface area contributed by atoms with E-state index >= 15 is 0 Å². The van der Waals surface area contributed by atoms with Crippen LogP contribution in [0.3, 0.4) is 0 Å². The van der Waals surface area contributed by atoms with Crippen molar-refractivity contribution in [2.75, 3.05) is 0 Å². The number of carbonyl (C=O) groups is 1. The second kappa shape index (κ2) is 6.20. The smallest absolute Gasteiger partial charge is 0.416 e. The molecular formula is C16H9F5O2. The fraction of sp³-hybridized carbons (Fsp3) is 0.0625. The number of carbonyl (C=O) groups excluding carboxylic acids is 1. The number of halogens is 5. The van der Waals surface area contributed by atoms with Gasteiger partial charge in [0.1, 0.15) is 5.82 Å². The second-order valence-corrected chi connectivity index (χ2v) is 4.57. The van der Waals surface area contributed by atoms with E-state index in [0.717, 1.165) is 18.2 Å². The van der Waals surface area contributed by atoms with Crippen LogP contribution in [0, 0.1) is 11.6 Å². The van der Waals surface area contributed by atoms with Crippen molar-refractivity contribution in [1.82, 2.24) is 0 Å². The molecule has 0 aliphatic carbocycles. The zero-order chi connectivity index (χ0) is 17.2. The Kier molecular flexibility index (Phi) is 4.49. The topological polar surface area (TPSA) is 37.3 Å². The van der Waals surface area contributed by atoms with Crippen molar-refractivity contribution in [3.05, 3.63) is 70.8 Å². The highest BCUT2D eigenvalue weighted by molar-refractivity contribution is 6.08. The van der Waals surface area contributed by atoms with Crippen molar-refractivity contribution >= 4 is 11.9 Å². The summed E-state index contributed by atoms with van der Waals surface area (Å²) in [5.74, 6) is -4.52. The first-order valence-corrected chi connectivity index (χ1v) is 6.27. The van der Waals surface area contributed by atoms with Gasteiger partial charge in [0.2, 0.25) is 0 Å². The van der Waals surface area contributed by atoms with E-state index < -0.39 is 40.5 Å². The average molecular weight is 328 g/mol. The predicted molar refractivity (Wildman–Crippen MR) is 72.8 cm³/mol. The summed E-state index contributed by atoms with van der Waals surface area (Å²) in [4.78, 5) is 11.8. The molecule has 0 heterocycles. The molecule has 0 unspecified atom stereocenters. The SMILES string of the molecule is O=C(C=Cc1ccccc1C(F)(F)F)c1cc(F)cc(F)c1O. The Morgan fingerprint density at radius 2 is 1.74 bits per heavy atom. The number of aromatic hydroxyl groups is 1. The van der Waals surface area contributed by atoms with Gasteiger partial charge in [-0.25, -0.2) is 8.78 Å². The molecule has 2 aromatic carbocycles. The monoisotopic (exact) mass is 328 g/mol. The average Bonchev–Trinajstić information content (AvgIpc) is 2.47. The zero-order valence-electron chi connectivity index (χ0n) is 11.4. The lowest BCUT2D eigenvalue weighted by Crippen LogP contribution is -2.07. The molecular weight excluding hydrogens is 319 g/mol. The number of hydrogen-bond donors (Lipinski definition) is 1. The Balaban J connectivity index is 2.37. The van der Waals surface area contributed by atoms with Gasteiger partial charge >= 0.3 is 6.18 Å². The van der Waals surface area contributed by atoms with Crippen LogP contribution < -0.4 is 0 Å². The summed E-state index contributed by atoms with van der Waals surface area (Å²) in [7, 11) is 0. The van der Waals surface area contributed by atoms with Crippen LogP contribution in [-0.4, -0.2) is 10.9 Å². The summed E-state index contributed by atoms with van der Waals surface area (Å²) in [6.45, 7) is 0. The highest BCUT2D eigenvalue weighted by atomic mass is 19.4. The molecule has 0 saturated heterocycles. The third-order valence-corrected chi connectivity index (χ3v) is 2.97. The van der Waals surface area contributed by atoms with Crippen molar-refractivity contribution in [1.29, 1.82) is 0 Å². The number of phenolic OH excluding ortho intramolecular Hbond substituents is 1. The van der Waals surface area contributed by atoms with E-state index in [4.69, 9.17) is 0 Å². The number of alkyl halides is 3. The Morgan fingerprint density at radius 1 is 1.09 bits per heavy atom. The molecule has 0 spiro atoms. The lowest BCUT2D eigenvalue weighted by Gasteiger charge is -2.09. The predicted octanol–water partition coefficient (Wildman–Crippen LogP) is 4.59. The molecule has 2 rings (SSSR count). The van der Waals surface area contributed by atoms with Crippen molar-refractivity contribution in [3.8, 4) is 5.75 Å². The number of hydrogen-bond acceptors (Lipinski definition) is 2. The van der Waals surface area contributed by atoms with Gasteiger partial charge in [-0.1, -0.05) is 24.3 Å². The maximum atomic E-state index is 13.2. The lowest BCUT2D eigenvalue weighted by atomic mass is 10.0. The highest BCUT2D eigenvalue weighted by Gasteiger charge is 2.32. The summed E-state index contributed by atoms with van der Waals surface area (Å²) >= 11 is 0. The molecule has 0 amide bonds. The van der Waals surface area contributed by atoms with Crippen LogP contribution >= 0.6 is 0 Å². The van der Waals surface area contributed by atoms with Crippen LogP contribution in [0.15, 0.2) is 42.5 Å². The van der Waals surface area contributed by atoms with E-state index in [1.807, 2.05) is 0 Å². The zero-order valence-corrected chi connectivity index (χ0v) is 11.4. The summed E-state index contributed by atoms with van der Waals surface area (Å²) < 4.78 is 64.7. The Labute approximate surface area is 127 Å². The summed E-state index contributed by atoms with van der Waals surface area (Å²) in [5, 5.41) is 9.40. The van der Waals surface area contributed by atoms with E-state index in [9.17, 15) is 31.9 Å². The van der Waals surface area contributed by atoms with E-state index in [-0.39, 0.29) is 5.56 Å². The molecule has 0 aliphatic rings. The van der Waals surface area contributed by atoms with Gasteiger partial charge < -0.3 is 5.11 Å². The standard InChI is InChI=1S/C16H9F5O2/c17-10-7-11(15(23)13(18)8-10)14(22)6-5-9-3-1-2-4-12(9)16(19,20)21/h1-8,23H. The number of allylic oxidation sites excluding steroid dienone is 1. The highest BCUT2D eigenvalue weighted by Crippen LogP contribution is 2.32. The third kappa shape index (κ3) is 3.74. The van der Waals surface area contributed by atoms with Gasteiger partial charge in [-0.3, -0.25) is 4.79 Å². The Hall–Kier alpha value is -2.70. The third-order valence-electron chi connectivity index (χ3n) is 2.97. The minimum atomic E-state index is -4.61. The number of ketones is 1. The van der Waals surface area contributed by atoms with Crippen LogP contribution in [0.2, 0.25) is 0 Å². The molecule has 0 saturated carbocycles. The van der Waals surface area contributed by atoms with Crippen LogP contribution in [0.4, 0.5) is 22.0 Å². The molecule has 2 aromatic rings. The summed E-state index contributed by atoms with van der Waals surface area (Å²) in [6.07, 6.45) is -3.04. The number of phenols is 1. The van der Waals surface area contributed by atoms with Crippen molar-refractivity contribution in [2.45, 2.75) is 6.18 Å². The fourth-order valence-corrected chi connectivity index (χ4v) is 1.91. The molecule has 23 heavy (non-hydrogen) atoms. The van der Waals surface area contributed by atoms with Crippen LogP contribution in [-0.2, 0) is 6.18 Å². The Bertz CT molecular complexity index is 779. The molecule has 0 radical (unpaired) electrons. The minimum Gasteiger partial charge on any atom is -0.504 e. The van der Waals surface area contributed by atoms with Crippen molar-refractivity contribution in [2.24, 2.45) is 0 Å². The van der Waals surface area contributed by atoms with Crippen LogP contribution in [0.25, 0.3) is 6.08 Å². The number of rotatable bonds is 3. The van der Waals surface area contributed by atoms with Gasteiger partial charge in [-0.15, -0.1) is 0 Å². The first-order valence-electron chi connectivity index (χ1n) is 6.27. The molecule has 0 aliphatic heterocycles. The van der Waals surface area contributed by atoms with Crippen LogP contribution in [0.5, 0.6) is 5.75 Å². The molecule has 120 valence electrons. The normalized spacial score (nSPS) is 11.9. The second-order valence-electron chi connectivity index (χ2n) is 4.57. The lowest BCUT2D eigenvalue weighted by molar-refractivity contribution is -0.137.